The van der Waals surface area contributed by atoms with E-state index in [4.69, 9.17) is 5.73 Å². The molecule has 0 amide bonds. The molecule has 0 radical (unpaired) electrons. The number of nitrogen functional groups attached to an aromatic ring is 1. The standard InChI is InChI=1S/C12H8Br2N2/c13-6-1-2-7-8-3-4-9(14)11(15)12(8)16-10(7)5-6/h1-5,16H,15H2. The number of anilines is 1. The van der Waals surface area contributed by atoms with Crippen molar-refractivity contribution < 1.29 is 0 Å². The first-order valence-electron chi connectivity index (χ1n) is 4.82. The zero-order valence-electron chi connectivity index (χ0n) is 8.22. The van der Waals surface area contributed by atoms with Gasteiger partial charge in [0.25, 0.3) is 0 Å². The van der Waals surface area contributed by atoms with E-state index in [2.05, 4.69) is 55.0 Å². The van der Waals surface area contributed by atoms with Gasteiger partial charge in [-0.15, -0.1) is 0 Å². The molecule has 2 aromatic carbocycles. The van der Waals surface area contributed by atoms with Crippen LogP contribution in [0, 0.1) is 0 Å². The minimum atomic E-state index is 0.754. The summed E-state index contributed by atoms with van der Waals surface area (Å²) in [5.74, 6) is 0. The normalized spacial score (nSPS) is 11.4. The molecular weight excluding hydrogens is 332 g/mol. The maximum Gasteiger partial charge on any atom is 0.0710 e. The van der Waals surface area contributed by atoms with Crippen LogP contribution in [0.2, 0.25) is 0 Å². The summed E-state index contributed by atoms with van der Waals surface area (Å²) < 4.78 is 1.98. The Hall–Kier alpha value is -1.000. The number of fused-ring (bicyclic) bond motifs is 3. The predicted octanol–water partition coefficient (Wildman–Crippen LogP) is 4.43. The number of aromatic amines is 1. The lowest BCUT2D eigenvalue weighted by atomic mass is 10.1. The molecule has 80 valence electrons. The van der Waals surface area contributed by atoms with Gasteiger partial charge in [0.2, 0.25) is 0 Å². The molecule has 0 atom stereocenters. The molecule has 2 nitrogen and oxygen atoms in total. The molecule has 4 heteroatoms. The van der Waals surface area contributed by atoms with Crippen LogP contribution in [-0.4, -0.2) is 4.98 Å². The Balaban J connectivity index is 2.55. The van der Waals surface area contributed by atoms with Crippen molar-refractivity contribution >= 4 is 59.4 Å². The van der Waals surface area contributed by atoms with Crippen molar-refractivity contribution in [2.45, 2.75) is 0 Å². The van der Waals surface area contributed by atoms with Crippen LogP contribution in [0.4, 0.5) is 5.69 Å². The molecule has 16 heavy (non-hydrogen) atoms. The summed E-state index contributed by atoms with van der Waals surface area (Å²) in [7, 11) is 0. The zero-order valence-corrected chi connectivity index (χ0v) is 11.4. The lowest BCUT2D eigenvalue weighted by molar-refractivity contribution is 1.53. The predicted molar refractivity (Wildman–Crippen MR) is 75.6 cm³/mol. The van der Waals surface area contributed by atoms with Crippen molar-refractivity contribution in [3.8, 4) is 0 Å². The number of hydrogen-bond acceptors (Lipinski definition) is 1. The number of nitrogens with two attached hydrogens (primary N) is 1. The van der Waals surface area contributed by atoms with E-state index >= 15 is 0 Å². The summed E-state index contributed by atoms with van der Waals surface area (Å²) in [6.45, 7) is 0. The fourth-order valence-electron chi connectivity index (χ4n) is 1.94. The van der Waals surface area contributed by atoms with E-state index in [1.807, 2.05) is 12.1 Å². The molecule has 0 unspecified atom stereocenters. The van der Waals surface area contributed by atoms with Crippen molar-refractivity contribution in [2.75, 3.05) is 5.73 Å². The van der Waals surface area contributed by atoms with Gasteiger partial charge in [0, 0.05) is 25.2 Å². The lowest BCUT2D eigenvalue weighted by Crippen LogP contribution is -1.87. The Morgan fingerprint density at radius 3 is 2.56 bits per heavy atom. The molecule has 0 aliphatic carbocycles. The highest BCUT2D eigenvalue weighted by molar-refractivity contribution is 9.10. The minimum Gasteiger partial charge on any atom is -0.396 e. The van der Waals surface area contributed by atoms with Crippen LogP contribution in [-0.2, 0) is 0 Å². The van der Waals surface area contributed by atoms with Crippen LogP contribution in [0.1, 0.15) is 0 Å². The van der Waals surface area contributed by atoms with E-state index < -0.39 is 0 Å². The fraction of sp³-hybridized carbons (Fsp3) is 0. The van der Waals surface area contributed by atoms with Gasteiger partial charge in [-0.25, -0.2) is 0 Å². The summed E-state index contributed by atoms with van der Waals surface area (Å²) in [6.07, 6.45) is 0. The third-order valence-electron chi connectivity index (χ3n) is 2.72. The average Bonchev–Trinajstić information content (AvgIpc) is 2.62. The van der Waals surface area contributed by atoms with E-state index in [9.17, 15) is 0 Å². The fourth-order valence-corrected chi connectivity index (χ4v) is 2.63. The number of benzene rings is 2. The van der Waals surface area contributed by atoms with Crippen LogP contribution in [0.5, 0.6) is 0 Å². The minimum absolute atomic E-state index is 0.754. The summed E-state index contributed by atoms with van der Waals surface area (Å²) in [5.41, 5.74) is 8.87. The summed E-state index contributed by atoms with van der Waals surface area (Å²) in [5, 5.41) is 2.35. The van der Waals surface area contributed by atoms with Gasteiger partial charge >= 0.3 is 0 Å². The van der Waals surface area contributed by atoms with Gasteiger partial charge in [0.1, 0.15) is 0 Å². The molecule has 3 aromatic rings. The number of nitrogens with one attached hydrogen (secondary N) is 1. The maximum absolute atomic E-state index is 6.03. The first-order chi connectivity index (χ1) is 7.66. The first kappa shape index (κ1) is 10.2. The maximum atomic E-state index is 6.03. The highest BCUT2D eigenvalue weighted by Crippen LogP contribution is 2.34. The van der Waals surface area contributed by atoms with E-state index in [0.29, 0.717) is 0 Å². The molecule has 0 saturated heterocycles. The second-order valence-electron chi connectivity index (χ2n) is 3.70. The van der Waals surface area contributed by atoms with Gasteiger partial charge in [-0.05, 0) is 34.1 Å². The molecular formula is C12H8Br2N2. The van der Waals surface area contributed by atoms with Crippen LogP contribution >= 0.6 is 31.9 Å². The number of H-pyrrole nitrogens is 1. The summed E-state index contributed by atoms with van der Waals surface area (Å²) in [4.78, 5) is 3.34. The number of aromatic nitrogens is 1. The van der Waals surface area contributed by atoms with Crippen LogP contribution < -0.4 is 5.73 Å². The summed E-state index contributed by atoms with van der Waals surface area (Å²) >= 11 is 6.90. The highest BCUT2D eigenvalue weighted by Gasteiger charge is 2.08. The Bertz CT molecular complexity index is 701. The first-order valence-corrected chi connectivity index (χ1v) is 6.40. The van der Waals surface area contributed by atoms with Gasteiger partial charge in [0.05, 0.1) is 11.2 Å². The molecule has 1 heterocycles. The third-order valence-corrected chi connectivity index (χ3v) is 3.91. The van der Waals surface area contributed by atoms with E-state index in [1.54, 1.807) is 0 Å². The van der Waals surface area contributed by atoms with E-state index in [0.717, 1.165) is 31.1 Å². The molecule has 0 aliphatic heterocycles. The van der Waals surface area contributed by atoms with Gasteiger partial charge in [-0.3, -0.25) is 0 Å². The van der Waals surface area contributed by atoms with Gasteiger partial charge in [-0.2, -0.15) is 0 Å². The molecule has 1 aromatic heterocycles. The Morgan fingerprint density at radius 2 is 1.75 bits per heavy atom. The molecule has 0 spiro atoms. The number of rotatable bonds is 0. The topological polar surface area (TPSA) is 41.8 Å². The van der Waals surface area contributed by atoms with Crippen molar-refractivity contribution in [1.82, 2.24) is 4.98 Å². The molecule has 0 aliphatic rings. The SMILES string of the molecule is Nc1c(Br)ccc2c1[nH]c1cc(Br)ccc12. The molecule has 3 N–H and O–H groups in total. The van der Waals surface area contributed by atoms with E-state index in [1.165, 1.54) is 5.39 Å². The smallest absolute Gasteiger partial charge is 0.0710 e. The van der Waals surface area contributed by atoms with Crippen LogP contribution in [0.25, 0.3) is 21.8 Å². The van der Waals surface area contributed by atoms with Crippen molar-refractivity contribution in [1.29, 1.82) is 0 Å². The molecule has 3 rings (SSSR count). The largest absolute Gasteiger partial charge is 0.396 e. The highest BCUT2D eigenvalue weighted by atomic mass is 79.9. The molecule has 0 fully saturated rings. The van der Waals surface area contributed by atoms with Crippen molar-refractivity contribution in [3.05, 3.63) is 39.3 Å². The van der Waals surface area contributed by atoms with Gasteiger partial charge in [0.15, 0.2) is 0 Å². The molecule has 0 bridgehead atoms. The third kappa shape index (κ3) is 1.37. The summed E-state index contributed by atoms with van der Waals surface area (Å²) in [6, 6.07) is 10.2. The van der Waals surface area contributed by atoms with Crippen LogP contribution in [0.3, 0.4) is 0 Å². The van der Waals surface area contributed by atoms with Gasteiger partial charge < -0.3 is 10.7 Å². The average molecular weight is 340 g/mol. The number of halogens is 2. The van der Waals surface area contributed by atoms with Crippen molar-refractivity contribution in [3.63, 3.8) is 0 Å². The lowest BCUT2D eigenvalue weighted by Gasteiger charge is -1.98. The Kier molecular flexibility index (Phi) is 2.23. The Morgan fingerprint density at radius 1 is 1.00 bits per heavy atom. The second-order valence-corrected chi connectivity index (χ2v) is 5.47. The monoisotopic (exact) mass is 338 g/mol. The van der Waals surface area contributed by atoms with Crippen LogP contribution in [0.15, 0.2) is 39.3 Å². The quantitative estimate of drug-likeness (QED) is 0.584. The van der Waals surface area contributed by atoms with Crippen molar-refractivity contribution in [2.24, 2.45) is 0 Å². The zero-order chi connectivity index (χ0) is 11.3. The number of hydrogen-bond donors (Lipinski definition) is 2. The van der Waals surface area contributed by atoms with Gasteiger partial charge in [-0.1, -0.05) is 28.1 Å². The Labute approximate surface area is 109 Å². The molecule has 0 saturated carbocycles. The van der Waals surface area contributed by atoms with E-state index in [-0.39, 0.29) is 0 Å². The second kappa shape index (κ2) is 3.50.